The monoisotopic (exact) mass is 375 g/mol. The van der Waals surface area contributed by atoms with Crippen molar-refractivity contribution in [3.63, 3.8) is 0 Å². The molecule has 26 heavy (non-hydrogen) atoms. The summed E-state index contributed by atoms with van der Waals surface area (Å²) in [4.78, 5) is 10.9. The zero-order valence-electron chi connectivity index (χ0n) is 14.5. The van der Waals surface area contributed by atoms with Gasteiger partial charge in [-0.3, -0.25) is 9.10 Å². The lowest BCUT2D eigenvalue weighted by atomic mass is 10.0. The minimum absolute atomic E-state index is 0.0167. The number of carboxylic acid groups (broad SMARTS) is 1. The van der Waals surface area contributed by atoms with E-state index in [1.54, 1.807) is 18.2 Å². The van der Waals surface area contributed by atoms with Gasteiger partial charge in [0.25, 0.3) is 10.0 Å². The Morgan fingerprint density at radius 3 is 2.58 bits per heavy atom. The van der Waals surface area contributed by atoms with Gasteiger partial charge in [-0.2, -0.15) is 0 Å². The van der Waals surface area contributed by atoms with E-state index in [2.05, 4.69) is 0 Å². The summed E-state index contributed by atoms with van der Waals surface area (Å²) in [5, 5.41) is 8.76. The lowest BCUT2D eigenvalue weighted by Crippen LogP contribution is -2.35. The third-order valence-corrected chi connectivity index (χ3v) is 6.31. The van der Waals surface area contributed by atoms with Gasteiger partial charge in [-0.1, -0.05) is 24.3 Å². The van der Waals surface area contributed by atoms with E-state index in [9.17, 15) is 13.2 Å². The van der Waals surface area contributed by atoms with Crippen LogP contribution < -0.4 is 9.04 Å². The summed E-state index contributed by atoms with van der Waals surface area (Å²) < 4.78 is 33.1. The zero-order chi connectivity index (χ0) is 18.7. The molecule has 6 nitrogen and oxygen atoms in total. The molecule has 0 unspecified atom stereocenters. The molecular formula is C19H21NO5S. The zero-order valence-corrected chi connectivity index (χ0v) is 15.3. The van der Waals surface area contributed by atoms with Crippen LogP contribution in [-0.2, 0) is 27.7 Å². The van der Waals surface area contributed by atoms with Crippen molar-refractivity contribution in [2.75, 3.05) is 18.0 Å². The van der Waals surface area contributed by atoms with Crippen LogP contribution in [0.2, 0.25) is 0 Å². The van der Waals surface area contributed by atoms with Crippen molar-refractivity contribution in [1.29, 1.82) is 0 Å². The maximum atomic E-state index is 13.2. The van der Waals surface area contributed by atoms with Crippen molar-refractivity contribution in [1.82, 2.24) is 0 Å². The Hall–Kier alpha value is -2.54. The second kappa shape index (κ2) is 7.37. The molecule has 0 aliphatic carbocycles. The molecule has 0 saturated carbocycles. The van der Waals surface area contributed by atoms with Gasteiger partial charge in [0.05, 0.1) is 17.7 Å². The Morgan fingerprint density at radius 1 is 1.19 bits per heavy atom. The van der Waals surface area contributed by atoms with E-state index in [1.807, 2.05) is 12.1 Å². The summed E-state index contributed by atoms with van der Waals surface area (Å²) in [6.45, 7) is 0.399. The highest BCUT2D eigenvalue weighted by atomic mass is 32.2. The van der Waals surface area contributed by atoms with E-state index >= 15 is 0 Å². The Bertz CT molecular complexity index is 892. The van der Waals surface area contributed by atoms with Gasteiger partial charge in [-0.05, 0) is 48.6 Å². The van der Waals surface area contributed by atoms with Gasteiger partial charge in [-0.25, -0.2) is 8.42 Å². The summed E-state index contributed by atoms with van der Waals surface area (Å²) in [7, 11) is -2.19. The van der Waals surface area contributed by atoms with Crippen molar-refractivity contribution in [3.05, 3.63) is 53.6 Å². The van der Waals surface area contributed by atoms with Crippen LogP contribution in [0, 0.1) is 0 Å². The number of carbonyl (C=O) groups is 1. The second-order valence-electron chi connectivity index (χ2n) is 6.19. The van der Waals surface area contributed by atoms with Gasteiger partial charge >= 0.3 is 5.97 Å². The number of hydrogen-bond acceptors (Lipinski definition) is 4. The fraction of sp³-hybridized carbons (Fsp3) is 0.316. The first-order chi connectivity index (χ1) is 12.4. The number of methoxy groups -OCH3 is 1. The summed E-state index contributed by atoms with van der Waals surface area (Å²) in [6.07, 6.45) is 1.95. The van der Waals surface area contributed by atoms with Crippen LogP contribution in [0.25, 0.3) is 0 Å². The van der Waals surface area contributed by atoms with Crippen molar-refractivity contribution in [3.8, 4) is 5.75 Å². The topological polar surface area (TPSA) is 83.9 Å². The van der Waals surface area contributed by atoms with Crippen LogP contribution in [0.4, 0.5) is 5.69 Å². The number of ether oxygens (including phenoxy) is 1. The fourth-order valence-corrected chi connectivity index (χ4v) is 4.74. The molecule has 2 aromatic carbocycles. The number of nitrogens with zero attached hydrogens (tertiary/aromatic N) is 1. The number of anilines is 1. The number of aliphatic carboxylic acids is 1. The Kier molecular flexibility index (Phi) is 5.18. The molecule has 138 valence electrons. The average Bonchev–Trinajstić information content (AvgIpc) is 2.65. The van der Waals surface area contributed by atoms with Crippen LogP contribution in [0.15, 0.2) is 47.4 Å². The molecule has 0 radical (unpaired) electrons. The minimum atomic E-state index is -3.72. The van der Waals surface area contributed by atoms with Crippen molar-refractivity contribution >= 4 is 21.7 Å². The minimum Gasteiger partial charge on any atom is -0.495 e. The molecule has 0 bridgehead atoms. The molecular weight excluding hydrogens is 354 g/mol. The van der Waals surface area contributed by atoms with Gasteiger partial charge in [-0.15, -0.1) is 0 Å². The van der Waals surface area contributed by atoms with Crippen LogP contribution in [0.3, 0.4) is 0 Å². The molecule has 0 atom stereocenters. The van der Waals surface area contributed by atoms with Gasteiger partial charge in [0.15, 0.2) is 0 Å². The number of para-hydroxylation sites is 1. The first-order valence-electron chi connectivity index (χ1n) is 8.43. The number of benzene rings is 2. The van der Waals surface area contributed by atoms with E-state index in [4.69, 9.17) is 9.84 Å². The van der Waals surface area contributed by atoms with E-state index in [0.717, 1.165) is 24.0 Å². The van der Waals surface area contributed by atoms with Crippen molar-refractivity contribution < 1.29 is 23.1 Å². The van der Waals surface area contributed by atoms with Gasteiger partial charge < -0.3 is 9.84 Å². The smallest absolute Gasteiger partial charge is 0.303 e. The number of rotatable bonds is 6. The SMILES string of the molecule is COc1cccc2c1N(S(=O)(=O)c1ccc(CCC(=O)O)cc1)CCC2. The average molecular weight is 375 g/mol. The fourth-order valence-electron chi connectivity index (χ4n) is 3.19. The lowest BCUT2D eigenvalue weighted by molar-refractivity contribution is -0.136. The molecule has 0 aromatic heterocycles. The highest BCUT2D eigenvalue weighted by Gasteiger charge is 2.31. The van der Waals surface area contributed by atoms with Crippen LogP contribution in [0.5, 0.6) is 5.75 Å². The predicted octanol–water partition coefficient (Wildman–Crippen LogP) is 2.85. The quantitative estimate of drug-likeness (QED) is 0.839. The maximum Gasteiger partial charge on any atom is 0.303 e. The van der Waals surface area contributed by atoms with Gasteiger partial charge in [0.2, 0.25) is 0 Å². The highest BCUT2D eigenvalue weighted by molar-refractivity contribution is 7.92. The number of fused-ring (bicyclic) bond motifs is 1. The number of sulfonamides is 1. The summed E-state index contributed by atoms with van der Waals surface area (Å²) >= 11 is 0. The number of aryl methyl sites for hydroxylation is 2. The molecule has 1 aliphatic rings. The largest absolute Gasteiger partial charge is 0.495 e. The van der Waals surface area contributed by atoms with E-state index in [0.29, 0.717) is 24.4 Å². The number of hydrogen-bond donors (Lipinski definition) is 1. The molecule has 2 aromatic rings. The van der Waals surface area contributed by atoms with Gasteiger partial charge in [0, 0.05) is 13.0 Å². The molecule has 1 heterocycles. The van der Waals surface area contributed by atoms with E-state index < -0.39 is 16.0 Å². The van der Waals surface area contributed by atoms with Crippen LogP contribution >= 0.6 is 0 Å². The summed E-state index contributed by atoms with van der Waals surface area (Å²) in [5.41, 5.74) is 2.36. The van der Waals surface area contributed by atoms with Crippen molar-refractivity contribution in [2.45, 2.75) is 30.6 Å². The van der Waals surface area contributed by atoms with Crippen LogP contribution in [0.1, 0.15) is 24.0 Å². The third kappa shape index (κ3) is 3.53. The second-order valence-corrected chi connectivity index (χ2v) is 8.05. The first-order valence-corrected chi connectivity index (χ1v) is 9.87. The lowest BCUT2D eigenvalue weighted by Gasteiger charge is -2.31. The maximum absolute atomic E-state index is 13.2. The predicted molar refractivity (Wildman–Crippen MR) is 98.2 cm³/mol. The molecule has 1 N–H and O–H groups in total. The Morgan fingerprint density at radius 2 is 1.92 bits per heavy atom. The molecule has 7 heteroatoms. The molecule has 0 saturated heterocycles. The number of carboxylic acids is 1. The molecule has 0 amide bonds. The standard InChI is InChI=1S/C19H21NO5S/c1-25-17-6-2-4-15-5-3-13-20(19(15)17)26(23,24)16-10-7-14(8-11-16)9-12-18(21)22/h2,4,6-8,10-11H,3,5,9,12-13H2,1H3,(H,21,22). The molecule has 0 fully saturated rings. The first kappa shape index (κ1) is 18.3. The summed E-state index contributed by atoms with van der Waals surface area (Å²) in [5.74, 6) is -0.331. The van der Waals surface area contributed by atoms with E-state index in [1.165, 1.54) is 23.5 Å². The van der Waals surface area contributed by atoms with Crippen LogP contribution in [-0.4, -0.2) is 33.1 Å². The molecule has 0 spiro atoms. The summed E-state index contributed by atoms with van der Waals surface area (Å²) in [6, 6.07) is 12.0. The Labute approximate surface area is 153 Å². The molecule has 1 aliphatic heterocycles. The van der Waals surface area contributed by atoms with Crippen molar-refractivity contribution in [2.24, 2.45) is 0 Å². The highest BCUT2D eigenvalue weighted by Crippen LogP contribution is 2.39. The normalized spacial score (nSPS) is 14.0. The van der Waals surface area contributed by atoms with E-state index in [-0.39, 0.29) is 11.3 Å². The Balaban J connectivity index is 1.94. The third-order valence-electron chi connectivity index (χ3n) is 4.50. The molecule has 3 rings (SSSR count). The van der Waals surface area contributed by atoms with Gasteiger partial charge in [0.1, 0.15) is 5.75 Å².